The van der Waals surface area contributed by atoms with Gasteiger partial charge in [-0.25, -0.2) is 4.39 Å². The third-order valence-electron chi connectivity index (χ3n) is 3.05. The lowest BCUT2D eigenvalue weighted by molar-refractivity contribution is 0.610. The Morgan fingerprint density at radius 2 is 2.19 bits per heavy atom. The Balaban J connectivity index is 2.24. The SMILES string of the molecule is CC1(C)CC1Nc1ccc(C#N)c(Br)c1F. The van der Waals surface area contributed by atoms with Gasteiger partial charge < -0.3 is 5.32 Å². The van der Waals surface area contributed by atoms with Crippen LogP contribution >= 0.6 is 15.9 Å². The molecule has 1 atom stereocenters. The number of rotatable bonds is 2. The Kier molecular flexibility index (Phi) is 2.67. The van der Waals surface area contributed by atoms with Crippen LogP contribution in [0.5, 0.6) is 0 Å². The first kappa shape index (κ1) is 11.4. The first-order chi connectivity index (χ1) is 7.45. The van der Waals surface area contributed by atoms with Crippen LogP contribution in [0, 0.1) is 22.6 Å². The van der Waals surface area contributed by atoms with Crippen molar-refractivity contribution in [3.63, 3.8) is 0 Å². The highest BCUT2D eigenvalue weighted by atomic mass is 79.9. The molecule has 0 aliphatic heterocycles. The highest BCUT2D eigenvalue weighted by Crippen LogP contribution is 2.47. The van der Waals surface area contributed by atoms with E-state index in [1.165, 1.54) is 0 Å². The summed E-state index contributed by atoms with van der Waals surface area (Å²) in [6, 6.07) is 5.49. The van der Waals surface area contributed by atoms with Crippen molar-refractivity contribution in [3.05, 3.63) is 28.0 Å². The first-order valence-electron chi connectivity index (χ1n) is 5.10. The summed E-state index contributed by atoms with van der Waals surface area (Å²) in [6.07, 6.45) is 1.05. The second-order valence-corrected chi connectivity index (χ2v) is 5.58. The minimum atomic E-state index is -0.387. The number of hydrogen-bond acceptors (Lipinski definition) is 2. The van der Waals surface area contributed by atoms with E-state index in [2.05, 4.69) is 35.1 Å². The average Bonchev–Trinajstić information content (AvgIpc) is 2.82. The van der Waals surface area contributed by atoms with Crippen LogP contribution in [0.15, 0.2) is 16.6 Å². The van der Waals surface area contributed by atoms with Crippen LogP contribution in [0.4, 0.5) is 10.1 Å². The van der Waals surface area contributed by atoms with Gasteiger partial charge in [-0.15, -0.1) is 0 Å². The van der Waals surface area contributed by atoms with Crippen molar-refractivity contribution >= 4 is 21.6 Å². The molecule has 0 saturated heterocycles. The molecule has 4 heteroatoms. The number of anilines is 1. The Bertz CT molecular complexity index is 477. The van der Waals surface area contributed by atoms with Gasteiger partial charge in [0.15, 0.2) is 5.82 Å². The number of nitrogens with zero attached hydrogens (tertiary/aromatic N) is 1. The van der Waals surface area contributed by atoms with Gasteiger partial charge in [0.2, 0.25) is 0 Å². The Labute approximate surface area is 103 Å². The van der Waals surface area contributed by atoms with E-state index in [0.717, 1.165) is 6.42 Å². The summed E-state index contributed by atoms with van der Waals surface area (Å²) in [4.78, 5) is 0. The fourth-order valence-electron chi connectivity index (χ4n) is 1.65. The second kappa shape index (κ2) is 3.74. The maximum absolute atomic E-state index is 13.8. The zero-order valence-corrected chi connectivity index (χ0v) is 10.7. The van der Waals surface area contributed by atoms with Gasteiger partial charge in [-0.1, -0.05) is 13.8 Å². The zero-order chi connectivity index (χ0) is 11.9. The maximum atomic E-state index is 13.8. The Morgan fingerprint density at radius 3 is 2.69 bits per heavy atom. The molecule has 1 aromatic rings. The Morgan fingerprint density at radius 1 is 1.56 bits per heavy atom. The fraction of sp³-hybridized carbons (Fsp3) is 0.417. The molecular formula is C12H12BrFN2. The number of halogens is 2. The van der Waals surface area contributed by atoms with E-state index in [1.54, 1.807) is 12.1 Å². The number of benzene rings is 1. The predicted octanol–water partition coefficient (Wildman–Crippen LogP) is 3.67. The van der Waals surface area contributed by atoms with Crippen molar-refractivity contribution < 1.29 is 4.39 Å². The zero-order valence-electron chi connectivity index (χ0n) is 9.14. The van der Waals surface area contributed by atoms with Gasteiger partial charge in [-0.05, 0) is 39.9 Å². The maximum Gasteiger partial charge on any atom is 0.161 e. The minimum Gasteiger partial charge on any atom is -0.379 e. The van der Waals surface area contributed by atoms with Crippen LogP contribution in [0.1, 0.15) is 25.8 Å². The van der Waals surface area contributed by atoms with E-state index in [9.17, 15) is 4.39 Å². The molecule has 0 heterocycles. The molecule has 2 rings (SSSR count). The van der Waals surface area contributed by atoms with Gasteiger partial charge in [0, 0.05) is 6.04 Å². The molecule has 84 valence electrons. The van der Waals surface area contributed by atoms with Crippen molar-refractivity contribution in [2.24, 2.45) is 5.41 Å². The van der Waals surface area contributed by atoms with Crippen LogP contribution in [0.2, 0.25) is 0 Å². The fourth-order valence-corrected chi connectivity index (χ4v) is 2.08. The molecule has 0 spiro atoms. The molecule has 16 heavy (non-hydrogen) atoms. The van der Waals surface area contributed by atoms with Gasteiger partial charge in [0.1, 0.15) is 6.07 Å². The molecule has 1 aromatic carbocycles. The quantitative estimate of drug-likeness (QED) is 0.898. The van der Waals surface area contributed by atoms with Crippen molar-refractivity contribution in [1.82, 2.24) is 0 Å². The molecule has 0 bridgehead atoms. The highest BCUT2D eigenvalue weighted by Gasteiger charge is 2.45. The molecule has 2 nitrogen and oxygen atoms in total. The molecule has 0 amide bonds. The van der Waals surface area contributed by atoms with Crippen LogP contribution in [-0.2, 0) is 0 Å². The van der Waals surface area contributed by atoms with E-state index in [-0.39, 0.29) is 15.7 Å². The third-order valence-corrected chi connectivity index (χ3v) is 3.82. The van der Waals surface area contributed by atoms with E-state index in [4.69, 9.17) is 5.26 Å². The number of nitrogens with one attached hydrogen (secondary N) is 1. The number of hydrogen-bond donors (Lipinski definition) is 1. The smallest absolute Gasteiger partial charge is 0.161 e. The summed E-state index contributed by atoms with van der Waals surface area (Å²) in [5.41, 5.74) is 1.02. The van der Waals surface area contributed by atoms with Gasteiger partial charge >= 0.3 is 0 Å². The van der Waals surface area contributed by atoms with Crippen LogP contribution in [0.3, 0.4) is 0 Å². The van der Waals surface area contributed by atoms with E-state index < -0.39 is 0 Å². The summed E-state index contributed by atoms with van der Waals surface area (Å²) in [5, 5.41) is 11.9. The largest absolute Gasteiger partial charge is 0.379 e. The van der Waals surface area contributed by atoms with Gasteiger partial charge in [-0.3, -0.25) is 0 Å². The molecule has 1 aliphatic carbocycles. The summed E-state index contributed by atoms with van der Waals surface area (Å²) in [7, 11) is 0. The molecule has 0 radical (unpaired) electrons. The van der Waals surface area contributed by atoms with E-state index in [1.807, 2.05) is 6.07 Å². The molecule has 1 unspecified atom stereocenters. The third kappa shape index (κ3) is 1.92. The summed E-state index contributed by atoms with van der Waals surface area (Å²) < 4.78 is 14.1. The minimum absolute atomic E-state index is 0.235. The normalized spacial score (nSPS) is 21.3. The van der Waals surface area contributed by atoms with Crippen LogP contribution in [0.25, 0.3) is 0 Å². The standard InChI is InChI=1S/C12H12BrFN2/c1-12(2)5-9(12)16-8-4-3-7(6-15)10(13)11(8)14/h3-4,9,16H,5H2,1-2H3. The lowest BCUT2D eigenvalue weighted by Crippen LogP contribution is -2.10. The van der Waals surface area contributed by atoms with Crippen molar-refractivity contribution in [3.8, 4) is 6.07 Å². The molecule has 0 aromatic heterocycles. The van der Waals surface area contributed by atoms with Gasteiger partial charge in [0.25, 0.3) is 0 Å². The topological polar surface area (TPSA) is 35.8 Å². The highest BCUT2D eigenvalue weighted by molar-refractivity contribution is 9.10. The van der Waals surface area contributed by atoms with Crippen molar-refractivity contribution in [1.29, 1.82) is 5.26 Å². The molecule has 1 aliphatic rings. The summed E-state index contributed by atoms with van der Waals surface area (Å²) >= 11 is 3.09. The van der Waals surface area contributed by atoms with Gasteiger partial charge in [-0.2, -0.15) is 5.26 Å². The molecular weight excluding hydrogens is 271 g/mol. The summed E-state index contributed by atoms with van der Waals surface area (Å²) in [6.45, 7) is 4.28. The lowest BCUT2D eigenvalue weighted by atomic mass is 10.1. The lowest BCUT2D eigenvalue weighted by Gasteiger charge is -2.10. The Hall–Kier alpha value is -1.08. The summed E-state index contributed by atoms with van der Waals surface area (Å²) in [5.74, 6) is -0.387. The molecule has 1 N–H and O–H groups in total. The van der Waals surface area contributed by atoms with Crippen LogP contribution in [-0.4, -0.2) is 6.04 Å². The van der Waals surface area contributed by atoms with E-state index >= 15 is 0 Å². The average molecular weight is 283 g/mol. The molecule has 1 saturated carbocycles. The molecule has 1 fully saturated rings. The van der Waals surface area contributed by atoms with Crippen molar-refractivity contribution in [2.45, 2.75) is 26.3 Å². The monoisotopic (exact) mass is 282 g/mol. The second-order valence-electron chi connectivity index (χ2n) is 4.79. The van der Waals surface area contributed by atoms with Crippen LogP contribution < -0.4 is 5.32 Å². The first-order valence-corrected chi connectivity index (χ1v) is 5.89. The van der Waals surface area contributed by atoms with E-state index in [0.29, 0.717) is 17.3 Å². The number of nitriles is 1. The van der Waals surface area contributed by atoms with Gasteiger partial charge in [0.05, 0.1) is 15.7 Å². The van der Waals surface area contributed by atoms with Crippen molar-refractivity contribution in [2.75, 3.05) is 5.32 Å². The predicted molar refractivity (Wildman–Crippen MR) is 64.6 cm³/mol.